The van der Waals surface area contributed by atoms with Crippen molar-refractivity contribution in [1.29, 1.82) is 0 Å². The number of likely N-dealkylation sites (N-methyl/N-ethyl adjacent to an activating group) is 1. The van der Waals surface area contributed by atoms with Crippen molar-refractivity contribution in [3.8, 4) is 5.75 Å². The molecular weight excluding hydrogens is 374 g/mol. The number of ether oxygens (including phenoxy) is 1. The first-order chi connectivity index (χ1) is 14.7. The van der Waals surface area contributed by atoms with Crippen molar-refractivity contribution in [3.05, 3.63) is 65.2 Å². The van der Waals surface area contributed by atoms with Crippen LogP contribution in [0.1, 0.15) is 23.1 Å². The zero-order chi connectivity index (χ0) is 21.2. The van der Waals surface area contributed by atoms with Gasteiger partial charge in [-0.2, -0.15) is 0 Å². The van der Waals surface area contributed by atoms with Gasteiger partial charge in [-0.25, -0.2) is 0 Å². The average Bonchev–Trinajstić information content (AvgIpc) is 2.99. The first-order valence-electron chi connectivity index (χ1n) is 10.7. The maximum atomic E-state index is 5.20. The van der Waals surface area contributed by atoms with Crippen molar-refractivity contribution >= 4 is 5.96 Å². The molecule has 0 saturated carbocycles. The molecule has 0 spiro atoms. The highest BCUT2D eigenvalue weighted by Gasteiger charge is 2.12. The predicted molar refractivity (Wildman–Crippen MR) is 124 cm³/mol. The molecule has 1 aliphatic rings. The number of nitrogens with one attached hydrogen (secondary N) is 2. The molecule has 0 bridgehead atoms. The molecule has 6 nitrogen and oxygen atoms in total. The Hall–Kier alpha value is -2.57. The van der Waals surface area contributed by atoms with E-state index in [4.69, 9.17) is 4.74 Å². The van der Waals surface area contributed by atoms with Crippen molar-refractivity contribution in [2.24, 2.45) is 4.99 Å². The van der Waals surface area contributed by atoms with Gasteiger partial charge in [0.25, 0.3) is 0 Å². The normalized spacial score (nSPS) is 16.2. The molecule has 0 aromatic heterocycles. The van der Waals surface area contributed by atoms with E-state index in [1.807, 2.05) is 12.1 Å². The van der Waals surface area contributed by atoms with Crippen LogP contribution in [0.4, 0.5) is 0 Å². The summed E-state index contributed by atoms with van der Waals surface area (Å²) >= 11 is 0. The maximum Gasteiger partial charge on any atom is 0.191 e. The van der Waals surface area contributed by atoms with Gasteiger partial charge < -0.3 is 20.3 Å². The van der Waals surface area contributed by atoms with E-state index in [2.05, 4.69) is 68.9 Å². The Balaban J connectivity index is 1.43. The van der Waals surface area contributed by atoms with Crippen LogP contribution in [0, 0.1) is 0 Å². The predicted octanol–water partition coefficient (Wildman–Crippen LogP) is 2.70. The lowest BCUT2D eigenvalue weighted by atomic mass is 10.1. The average molecular weight is 410 g/mol. The second-order valence-corrected chi connectivity index (χ2v) is 7.88. The van der Waals surface area contributed by atoms with E-state index in [0.29, 0.717) is 6.54 Å². The summed E-state index contributed by atoms with van der Waals surface area (Å²) in [5.74, 6) is 1.66. The van der Waals surface area contributed by atoms with Crippen LogP contribution in [-0.4, -0.2) is 63.1 Å². The molecule has 0 unspecified atom stereocenters. The van der Waals surface area contributed by atoms with Gasteiger partial charge in [0.15, 0.2) is 5.96 Å². The van der Waals surface area contributed by atoms with Gasteiger partial charge in [0, 0.05) is 39.8 Å². The molecule has 2 N–H and O–H groups in total. The van der Waals surface area contributed by atoms with E-state index < -0.39 is 0 Å². The topological polar surface area (TPSA) is 52.1 Å². The summed E-state index contributed by atoms with van der Waals surface area (Å²) in [5.41, 5.74) is 3.81. The highest BCUT2D eigenvalue weighted by atomic mass is 16.5. The summed E-state index contributed by atoms with van der Waals surface area (Å²) in [4.78, 5) is 9.30. The second kappa shape index (κ2) is 11.6. The molecule has 6 heteroatoms. The van der Waals surface area contributed by atoms with Crippen LogP contribution in [0.25, 0.3) is 0 Å². The van der Waals surface area contributed by atoms with Crippen LogP contribution in [-0.2, 0) is 19.6 Å². The minimum atomic E-state index is 0.716. The molecule has 2 aromatic carbocycles. The lowest BCUT2D eigenvalue weighted by Crippen LogP contribution is -2.36. The third-order valence-corrected chi connectivity index (χ3v) is 5.54. The van der Waals surface area contributed by atoms with E-state index in [9.17, 15) is 0 Å². The van der Waals surface area contributed by atoms with Crippen molar-refractivity contribution < 1.29 is 4.74 Å². The standard InChI is InChI=1S/C24H35N5O/c1-25-24(27-18-21-9-11-23(30-3)12-10-21)26-17-20-5-7-22(8-6-20)19-29-14-4-13-28(2)15-16-29/h5-12H,4,13-19H2,1-3H3,(H2,25,26,27). The van der Waals surface area contributed by atoms with Gasteiger partial charge in [-0.1, -0.05) is 36.4 Å². The van der Waals surface area contributed by atoms with Gasteiger partial charge in [0.05, 0.1) is 7.11 Å². The van der Waals surface area contributed by atoms with E-state index in [1.54, 1.807) is 14.2 Å². The first kappa shape index (κ1) is 22.1. The molecule has 1 fully saturated rings. The number of benzene rings is 2. The second-order valence-electron chi connectivity index (χ2n) is 7.88. The molecule has 1 heterocycles. The summed E-state index contributed by atoms with van der Waals surface area (Å²) < 4.78 is 5.20. The third kappa shape index (κ3) is 7.04. The smallest absolute Gasteiger partial charge is 0.191 e. The molecule has 0 radical (unpaired) electrons. The van der Waals surface area contributed by atoms with Crippen LogP contribution in [0.2, 0.25) is 0 Å². The highest BCUT2D eigenvalue weighted by Crippen LogP contribution is 2.12. The largest absolute Gasteiger partial charge is 0.497 e. The third-order valence-electron chi connectivity index (χ3n) is 5.54. The molecule has 30 heavy (non-hydrogen) atoms. The van der Waals surface area contributed by atoms with Crippen LogP contribution in [0.15, 0.2) is 53.5 Å². The lowest BCUT2D eigenvalue weighted by molar-refractivity contribution is 0.269. The molecule has 3 rings (SSSR count). The Bertz CT molecular complexity index is 788. The zero-order valence-electron chi connectivity index (χ0n) is 18.5. The Morgan fingerprint density at radius 1 is 0.867 bits per heavy atom. The monoisotopic (exact) mass is 409 g/mol. The van der Waals surface area contributed by atoms with Gasteiger partial charge in [0.1, 0.15) is 5.75 Å². The quantitative estimate of drug-likeness (QED) is 0.544. The van der Waals surface area contributed by atoms with Crippen molar-refractivity contribution in [2.45, 2.75) is 26.1 Å². The first-order valence-corrected chi connectivity index (χ1v) is 10.7. The van der Waals surface area contributed by atoms with Crippen LogP contribution >= 0.6 is 0 Å². The molecule has 0 amide bonds. The van der Waals surface area contributed by atoms with Crippen molar-refractivity contribution in [2.75, 3.05) is 47.4 Å². The van der Waals surface area contributed by atoms with E-state index in [0.717, 1.165) is 37.9 Å². The Labute approximate surface area is 180 Å². The number of rotatable bonds is 7. The maximum absolute atomic E-state index is 5.20. The Morgan fingerprint density at radius 2 is 1.47 bits per heavy atom. The zero-order valence-corrected chi connectivity index (χ0v) is 18.5. The molecule has 0 atom stereocenters. The fourth-order valence-electron chi connectivity index (χ4n) is 3.61. The summed E-state index contributed by atoms with van der Waals surface area (Å²) in [6.45, 7) is 7.19. The van der Waals surface area contributed by atoms with Crippen molar-refractivity contribution in [3.63, 3.8) is 0 Å². The molecule has 1 aliphatic heterocycles. The molecule has 2 aromatic rings. The molecule has 1 saturated heterocycles. The van der Waals surface area contributed by atoms with Gasteiger partial charge >= 0.3 is 0 Å². The highest BCUT2D eigenvalue weighted by molar-refractivity contribution is 5.79. The SMILES string of the molecule is CN=C(NCc1ccc(CN2CCCN(C)CC2)cc1)NCc1ccc(OC)cc1. The van der Waals surface area contributed by atoms with Crippen LogP contribution in [0.5, 0.6) is 5.75 Å². The van der Waals surface area contributed by atoms with Gasteiger partial charge in [0.2, 0.25) is 0 Å². The summed E-state index contributed by atoms with van der Waals surface area (Å²) in [7, 11) is 5.69. The fourth-order valence-corrected chi connectivity index (χ4v) is 3.61. The van der Waals surface area contributed by atoms with Crippen LogP contribution in [0.3, 0.4) is 0 Å². The molecule has 0 aliphatic carbocycles. The number of methoxy groups -OCH3 is 1. The number of nitrogens with zero attached hydrogens (tertiary/aromatic N) is 3. The lowest BCUT2D eigenvalue weighted by Gasteiger charge is -2.20. The number of hydrogen-bond acceptors (Lipinski definition) is 4. The minimum Gasteiger partial charge on any atom is -0.497 e. The minimum absolute atomic E-state index is 0.716. The number of guanidine groups is 1. The summed E-state index contributed by atoms with van der Waals surface area (Å²) in [6.07, 6.45) is 1.25. The summed E-state index contributed by atoms with van der Waals surface area (Å²) in [5, 5.41) is 6.75. The molecule has 162 valence electrons. The van der Waals surface area contributed by atoms with E-state index in [1.165, 1.54) is 36.2 Å². The van der Waals surface area contributed by atoms with Crippen LogP contribution < -0.4 is 15.4 Å². The molecular formula is C24H35N5O. The van der Waals surface area contributed by atoms with Crippen molar-refractivity contribution in [1.82, 2.24) is 20.4 Å². The fraction of sp³-hybridized carbons (Fsp3) is 0.458. The van der Waals surface area contributed by atoms with E-state index in [-0.39, 0.29) is 0 Å². The summed E-state index contributed by atoms with van der Waals surface area (Å²) in [6, 6.07) is 17.0. The Morgan fingerprint density at radius 3 is 2.07 bits per heavy atom. The van der Waals surface area contributed by atoms with Gasteiger partial charge in [-0.15, -0.1) is 0 Å². The van der Waals surface area contributed by atoms with E-state index >= 15 is 0 Å². The number of aliphatic imine (C=N–C) groups is 1. The Kier molecular flexibility index (Phi) is 8.53. The number of hydrogen-bond donors (Lipinski definition) is 2. The van der Waals surface area contributed by atoms with Gasteiger partial charge in [-0.05, 0) is 55.4 Å². The van der Waals surface area contributed by atoms with Gasteiger partial charge in [-0.3, -0.25) is 9.89 Å².